The Labute approximate surface area is 142 Å². The summed E-state index contributed by atoms with van der Waals surface area (Å²) in [5.74, 6) is 1.27. The molecule has 5 heteroatoms. The molecule has 1 aliphatic carbocycles. The van der Waals surface area contributed by atoms with Crippen LogP contribution in [-0.2, 0) is 11.3 Å². The highest BCUT2D eigenvalue weighted by molar-refractivity contribution is 5.15. The molecule has 3 heterocycles. The van der Waals surface area contributed by atoms with Crippen molar-refractivity contribution in [3.63, 3.8) is 0 Å². The minimum Gasteiger partial charge on any atom is -0.492 e. The van der Waals surface area contributed by atoms with Gasteiger partial charge in [0, 0.05) is 37.3 Å². The Morgan fingerprint density at radius 1 is 1.38 bits per heavy atom. The average molecular weight is 328 g/mol. The van der Waals surface area contributed by atoms with E-state index in [-0.39, 0.29) is 5.60 Å². The molecule has 0 bridgehead atoms. The first-order valence-corrected chi connectivity index (χ1v) is 8.74. The zero-order chi connectivity index (χ0) is 16.2. The van der Waals surface area contributed by atoms with Gasteiger partial charge in [0.1, 0.15) is 5.75 Å². The Morgan fingerprint density at radius 3 is 3.21 bits per heavy atom. The maximum absolute atomic E-state index is 6.32. The van der Waals surface area contributed by atoms with Crippen molar-refractivity contribution >= 4 is 0 Å². The minimum absolute atomic E-state index is 0.0653. The van der Waals surface area contributed by atoms with Crippen molar-refractivity contribution in [1.29, 1.82) is 0 Å². The summed E-state index contributed by atoms with van der Waals surface area (Å²) in [6, 6.07) is 5.91. The van der Waals surface area contributed by atoms with Crippen molar-refractivity contribution in [2.24, 2.45) is 5.92 Å². The standard InChI is InChI=1S/C19H24N2O3/c1-3-17(14-23-18-4-2-7-20-11-18)19(6-1)15-21(8-10-24-19)12-16-5-9-22-13-16/h2,4-5,7,9,11,13,17H,1,3,6,8,10,12,14-15H2/t17-,19+/m0/s1. The van der Waals surface area contributed by atoms with Gasteiger partial charge in [0.05, 0.1) is 37.5 Å². The zero-order valence-corrected chi connectivity index (χ0v) is 13.9. The van der Waals surface area contributed by atoms with Crippen LogP contribution in [0.3, 0.4) is 0 Å². The molecule has 1 spiro atoms. The normalized spacial score (nSPS) is 27.6. The highest BCUT2D eigenvalue weighted by Crippen LogP contribution is 2.41. The molecule has 1 saturated carbocycles. The van der Waals surface area contributed by atoms with Crippen molar-refractivity contribution in [3.8, 4) is 5.75 Å². The zero-order valence-electron chi connectivity index (χ0n) is 13.9. The lowest BCUT2D eigenvalue weighted by molar-refractivity contribution is -0.137. The van der Waals surface area contributed by atoms with Crippen molar-refractivity contribution in [3.05, 3.63) is 48.7 Å². The number of morpholine rings is 1. The quantitative estimate of drug-likeness (QED) is 0.844. The first-order chi connectivity index (χ1) is 11.8. The third kappa shape index (κ3) is 3.32. The molecular formula is C19H24N2O3. The molecule has 2 aromatic rings. The van der Waals surface area contributed by atoms with Crippen LogP contribution in [0.25, 0.3) is 0 Å². The smallest absolute Gasteiger partial charge is 0.137 e. The molecule has 24 heavy (non-hydrogen) atoms. The van der Waals surface area contributed by atoms with E-state index in [1.54, 1.807) is 18.7 Å². The van der Waals surface area contributed by atoms with E-state index in [0.717, 1.165) is 38.4 Å². The van der Waals surface area contributed by atoms with Gasteiger partial charge in [-0.3, -0.25) is 9.88 Å². The first-order valence-electron chi connectivity index (χ1n) is 8.74. The Hall–Kier alpha value is -1.85. The van der Waals surface area contributed by atoms with Crippen molar-refractivity contribution in [2.75, 3.05) is 26.3 Å². The van der Waals surface area contributed by atoms with Crippen LogP contribution in [0.15, 0.2) is 47.5 Å². The summed E-state index contributed by atoms with van der Waals surface area (Å²) in [6.45, 7) is 4.37. The van der Waals surface area contributed by atoms with E-state index >= 15 is 0 Å². The predicted octanol–water partition coefficient (Wildman–Crippen LogP) is 3.12. The van der Waals surface area contributed by atoms with Crippen molar-refractivity contribution < 1.29 is 13.9 Å². The number of rotatable bonds is 5. The summed E-state index contributed by atoms with van der Waals surface area (Å²) in [5.41, 5.74) is 1.16. The second-order valence-electron chi connectivity index (χ2n) is 6.84. The van der Waals surface area contributed by atoms with Crippen LogP contribution in [0.2, 0.25) is 0 Å². The summed E-state index contributed by atoms with van der Waals surface area (Å²) in [5, 5.41) is 0. The molecule has 128 valence electrons. The van der Waals surface area contributed by atoms with Gasteiger partial charge in [-0.2, -0.15) is 0 Å². The fraction of sp³-hybridized carbons (Fsp3) is 0.526. The van der Waals surface area contributed by atoms with Gasteiger partial charge in [-0.15, -0.1) is 0 Å². The molecule has 1 saturated heterocycles. The Morgan fingerprint density at radius 2 is 2.38 bits per heavy atom. The molecule has 0 unspecified atom stereocenters. The second kappa shape index (κ2) is 6.95. The Balaban J connectivity index is 1.40. The number of aromatic nitrogens is 1. The van der Waals surface area contributed by atoms with E-state index in [0.29, 0.717) is 12.5 Å². The van der Waals surface area contributed by atoms with Crippen LogP contribution in [0.1, 0.15) is 24.8 Å². The summed E-state index contributed by atoms with van der Waals surface area (Å²) in [7, 11) is 0. The molecule has 1 aliphatic heterocycles. The topological polar surface area (TPSA) is 47.7 Å². The predicted molar refractivity (Wildman–Crippen MR) is 89.7 cm³/mol. The monoisotopic (exact) mass is 328 g/mol. The van der Waals surface area contributed by atoms with Crippen LogP contribution in [0.5, 0.6) is 5.75 Å². The van der Waals surface area contributed by atoms with Gasteiger partial charge in [0.2, 0.25) is 0 Å². The number of hydrogen-bond donors (Lipinski definition) is 0. The fourth-order valence-corrected chi connectivity index (χ4v) is 4.03. The van der Waals surface area contributed by atoms with Crippen molar-refractivity contribution in [1.82, 2.24) is 9.88 Å². The second-order valence-corrected chi connectivity index (χ2v) is 6.84. The Bertz CT molecular complexity index is 631. The lowest BCUT2D eigenvalue weighted by atomic mass is 9.89. The van der Waals surface area contributed by atoms with E-state index < -0.39 is 0 Å². The molecule has 2 fully saturated rings. The van der Waals surface area contributed by atoms with Gasteiger partial charge >= 0.3 is 0 Å². The number of hydrogen-bond acceptors (Lipinski definition) is 5. The third-order valence-corrected chi connectivity index (χ3v) is 5.26. The van der Waals surface area contributed by atoms with Gasteiger partial charge in [-0.1, -0.05) is 0 Å². The van der Waals surface area contributed by atoms with Crippen molar-refractivity contribution in [2.45, 2.75) is 31.4 Å². The first kappa shape index (κ1) is 15.7. The summed E-state index contributed by atoms with van der Waals surface area (Å²) >= 11 is 0. The molecule has 0 amide bonds. The maximum Gasteiger partial charge on any atom is 0.137 e. The van der Waals surface area contributed by atoms with E-state index in [2.05, 4.69) is 9.88 Å². The van der Waals surface area contributed by atoms with Gasteiger partial charge in [-0.25, -0.2) is 0 Å². The summed E-state index contributed by atoms with van der Waals surface area (Å²) < 4.78 is 17.5. The molecule has 2 atom stereocenters. The van der Waals surface area contributed by atoms with E-state index in [1.807, 2.05) is 24.5 Å². The SMILES string of the molecule is c1cncc(OC[C@@H]2CCC[C@@]23CN(Cc2ccoc2)CCO3)c1. The molecule has 2 aliphatic rings. The largest absolute Gasteiger partial charge is 0.492 e. The molecule has 0 radical (unpaired) electrons. The number of furan rings is 1. The highest BCUT2D eigenvalue weighted by atomic mass is 16.5. The van der Waals surface area contributed by atoms with E-state index in [4.69, 9.17) is 13.9 Å². The summed E-state index contributed by atoms with van der Waals surface area (Å²) in [6.07, 6.45) is 10.6. The summed E-state index contributed by atoms with van der Waals surface area (Å²) in [4.78, 5) is 6.60. The Kier molecular flexibility index (Phi) is 4.54. The van der Waals surface area contributed by atoms with E-state index in [1.165, 1.54) is 18.4 Å². The molecule has 0 aromatic carbocycles. The van der Waals surface area contributed by atoms with Gasteiger partial charge in [-0.05, 0) is 37.5 Å². The van der Waals surface area contributed by atoms with Crippen LogP contribution in [-0.4, -0.2) is 41.8 Å². The third-order valence-electron chi connectivity index (χ3n) is 5.26. The van der Waals surface area contributed by atoms with Crippen LogP contribution >= 0.6 is 0 Å². The van der Waals surface area contributed by atoms with Crippen LogP contribution in [0, 0.1) is 5.92 Å². The molecular weight excluding hydrogens is 304 g/mol. The van der Waals surface area contributed by atoms with E-state index in [9.17, 15) is 0 Å². The maximum atomic E-state index is 6.32. The van der Waals surface area contributed by atoms with Gasteiger partial charge in [0.25, 0.3) is 0 Å². The molecule has 4 rings (SSSR count). The minimum atomic E-state index is -0.0653. The highest BCUT2D eigenvalue weighted by Gasteiger charge is 2.47. The van der Waals surface area contributed by atoms with Gasteiger partial charge < -0.3 is 13.9 Å². The lowest BCUT2D eigenvalue weighted by Crippen LogP contribution is -2.54. The van der Waals surface area contributed by atoms with Crippen LogP contribution < -0.4 is 4.74 Å². The van der Waals surface area contributed by atoms with Crippen LogP contribution in [0.4, 0.5) is 0 Å². The average Bonchev–Trinajstić information content (AvgIpc) is 3.25. The number of pyridine rings is 1. The molecule has 2 aromatic heterocycles. The molecule has 5 nitrogen and oxygen atoms in total. The lowest BCUT2D eigenvalue weighted by Gasteiger charge is -2.44. The van der Waals surface area contributed by atoms with Gasteiger partial charge in [0.15, 0.2) is 0 Å². The fourth-order valence-electron chi connectivity index (χ4n) is 4.03. The number of nitrogens with zero attached hydrogens (tertiary/aromatic N) is 2. The molecule has 0 N–H and O–H groups in total. The number of ether oxygens (including phenoxy) is 2.